The van der Waals surface area contributed by atoms with Crippen molar-refractivity contribution in [3.05, 3.63) is 29.6 Å². The average Bonchev–Trinajstić information content (AvgIpc) is 2.47. The largest absolute Gasteiger partial charge is 0.494 e. The summed E-state index contributed by atoms with van der Waals surface area (Å²) in [6.45, 7) is 4.97. The molecule has 3 aliphatic heterocycles. The third-order valence-electron chi connectivity index (χ3n) is 4.20. The van der Waals surface area contributed by atoms with Gasteiger partial charge >= 0.3 is 0 Å². The Morgan fingerprint density at radius 1 is 1.32 bits per heavy atom. The van der Waals surface area contributed by atoms with E-state index in [9.17, 15) is 9.50 Å². The van der Waals surface area contributed by atoms with Gasteiger partial charge in [-0.3, -0.25) is 9.80 Å². The van der Waals surface area contributed by atoms with Gasteiger partial charge in [0.25, 0.3) is 0 Å². The topological polar surface area (TPSA) is 35.9 Å². The molecule has 1 aromatic rings. The summed E-state index contributed by atoms with van der Waals surface area (Å²) in [5.41, 5.74) is 0.622. The van der Waals surface area contributed by atoms with E-state index in [-0.39, 0.29) is 11.8 Å². The Bertz CT molecular complexity index is 461. The maximum atomic E-state index is 13.7. The van der Waals surface area contributed by atoms with Gasteiger partial charge in [-0.1, -0.05) is 6.07 Å². The van der Waals surface area contributed by atoms with E-state index in [1.807, 2.05) is 0 Å². The summed E-state index contributed by atoms with van der Waals surface area (Å²) in [7, 11) is 1.44. The number of piperazine rings is 3. The molecule has 0 amide bonds. The Morgan fingerprint density at radius 3 is 2.58 bits per heavy atom. The molecule has 0 saturated carbocycles. The highest BCUT2D eigenvalue weighted by molar-refractivity contribution is 5.31. The highest BCUT2D eigenvalue weighted by Crippen LogP contribution is 2.29. The second-order valence-electron chi connectivity index (χ2n) is 5.24. The Hall–Kier alpha value is -1.17. The zero-order valence-corrected chi connectivity index (χ0v) is 11.1. The molecule has 3 saturated heterocycles. The van der Waals surface area contributed by atoms with Crippen LogP contribution in [0, 0.1) is 5.82 Å². The quantitative estimate of drug-likeness (QED) is 0.880. The van der Waals surface area contributed by atoms with Crippen LogP contribution in [-0.4, -0.2) is 60.8 Å². The number of nitrogens with zero attached hydrogens (tertiary/aromatic N) is 2. The maximum Gasteiger partial charge on any atom is 0.165 e. The molecule has 104 valence electrons. The zero-order valence-electron chi connectivity index (χ0n) is 11.1. The van der Waals surface area contributed by atoms with Gasteiger partial charge in [0, 0.05) is 32.7 Å². The molecule has 19 heavy (non-hydrogen) atoms. The second kappa shape index (κ2) is 5.07. The average molecular weight is 266 g/mol. The van der Waals surface area contributed by atoms with Crippen molar-refractivity contribution < 1.29 is 14.2 Å². The number of hydrogen-bond donors (Lipinski definition) is 1. The second-order valence-corrected chi connectivity index (χ2v) is 5.24. The molecule has 3 fully saturated rings. The van der Waals surface area contributed by atoms with Crippen LogP contribution in [-0.2, 0) is 0 Å². The minimum atomic E-state index is -0.650. The van der Waals surface area contributed by atoms with Gasteiger partial charge in [-0.15, -0.1) is 0 Å². The molecular formula is C14H19FN2O2. The van der Waals surface area contributed by atoms with Gasteiger partial charge in [0.1, 0.15) is 0 Å². The van der Waals surface area contributed by atoms with Crippen molar-refractivity contribution in [2.24, 2.45) is 0 Å². The van der Waals surface area contributed by atoms with Crippen LogP contribution < -0.4 is 4.74 Å². The van der Waals surface area contributed by atoms with Gasteiger partial charge in [-0.2, -0.15) is 0 Å². The number of methoxy groups -OCH3 is 1. The fourth-order valence-electron chi connectivity index (χ4n) is 3.05. The third kappa shape index (κ3) is 2.33. The summed E-state index contributed by atoms with van der Waals surface area (Å²) in [6, 6.07) is 4.76. The fraction of sp³-hybridized carbons (Fsp3) is 0.571. The van der Waals surface area contributed by atoms with Crippen molar-refractivity contribution in [1.29, 1.82) is 0 Å². The number of hydrogen-bond acceptors (Lipinski definition) is 4. The molecule has 0 aliphatic carbocycles. The van der Waals surface area contributed by atoms with Gasteiger partial charge in [0.2, 0.25) is 0 Å². The fourth-order valence-corrected chi connectivity index (χ4v) is 3.05. The minimum Gasteiger partial charge on any atom is -0.494 e. The van der Waals surface area contributed by atoms with E-state index in [1.54, 1.807) is 12.1 Å². The zero-order chi connectivity index (χ0) is 13.4. The van der Waals surface area contributed by atoms with E-state index in [0.29, 0.717) is 5.56 Å². The molecule has 1 N–H and O–H groups in total. The predicted octanol–water partition coefficient (Wildman–Crippen LogP) is 0.867. The molecule has 3 heterocycles. The Kier molecular flexibility index (Phi) is 3.43. The lowest BCUT2D eigenvalue weighted by Crippen LogP contribution is -2.62. The first-order valence-corrected chi connectivity index (χ1v) is 6.67. The van der Waals surface area contributed by atoms with E-state index in [2.05, 4.69) is 9.80 Å². The molecule has 0 spiro atoms. The lowest BCUT2D eigenvalue weighted by Gasteiger charge is -2.49. The number of aliphatic hydroxyl groups is 1. The molecule has 2 unspecified atom stereocenters. The first-order valence-electron chi connectivity index (χ1n) is 6.67. The molecule has 0 aromatic heterocycles. The van der Waals surface area contributed by atoms with Crippen molar-refractivity contribution in [2.75, 3.05) is 39.8 Å². The number of fused-ring (bicyclic) bond motifs is 3. The summed E-state index contributed by atoms with van der Waals surface area (Å²) < 4.78 is 18.6. The van der Waals surface area contributed by atoms with E-state index in [1.165, 1.54) is 13.2 Å². The van der Waals surface area contributed by atoms with Crippen LogP contribution in [0.4, 0.5) is 4.39 Å². The summed E-state index contributed by atoms with van der Waals surface area (Å²) in [5, 5.41) is 10.5. The maximum absolute atomic E-state index is 13.7. The Labute approximate surface area is 112 Å². The molecule has 2 atom stereocenters. The highest BCUT2D eigenvalue weighted by atomic mass is 19.1. The lowest BCUT2D eigenvalue weighted by atomic mass is 9.96. The van der Waals surface area contributed by atoms with Gasteiger partial charge in [0.05, 0.1) is 19.3 Å². The SMILES string of the molecule is COc1ccc(C(O)C2CN3CCN2CC3)cc1F. The van der Waals surface area contributed by atoms with Gasteiger partial charge < -0.3 is 9.84 Å². The van der Waals surface area contributed by atoms with Crippen LogP contribution in [0.2, 0.25) is 0 Å². The first kappa shape index (κ1) is 12.8. The molecule has 0 radical (unpaired) electrons. The third-order valence-corrected chi connectivity index (χ3v) is 4.20. The molecule has 4 rings (SSSR count). The van der Waals surface area contributed by atoms with Crippen LogP contribution in [0.15, 0.2) is 18.2 Å². The van der Waals surface area contributed by atoms with E-state index in [0.717, 1.165) is 32.7 Å². The van der Waals surface area contributed by atoms with Crippen LogP contribution in [0.25, 0.3) is 0 Å². The van der Waals surface area contributed by atoms with Gasteiger partial charge in [0.15, 0.2) is 11.6 Å². The van der Waals surface area contributed by atoms with E-state index < -0.39 is 11.9 Å². The normalized spacial score (nSPS) is 31.2. The van der Waals surface area contributed by atoms with Crippen LogP contribution >= 0.6 is 0 Å². The minimum absolute atomic E-state index is 0.0651. The lowest BCUT2D eigenvalue weighted by molar-refractivity contribution is -0.0471. The van der Waals surface area contributed by atoms with Crippen molar-refractivity contribution in [3.8, 4) is 5.75 Å². The molecule has 5 heteroatoms. The summed E-state index contributed by atoms with van der Waals surface area (Å²) in [6.07, 6.45) is -0.650. The smallest absolute Gasteiger partial charge is 0.165 e. The molecule has 4 nitrogen and oxygen atoms in total. The van der Waals surface area contributed by atoms with Gasteiger partial charge in [-0.05, 0) is 17.7 Å². The number of benzene rings is 1. The standard InChI is InChI=1S/C14H19FN2O2/c1-19-13-3-2-10(8-11(13)15)14(18)12-9-16-4-6-17(12)7-5-16/h2-3,8,12,14,18H,4-7,9H2,1H3. The first-order chi connectivity index (χ1) is 9.19. The molecular weight excluding hydrogens is 247 g/mol. The van der Waals surface area contributed by atoms with Crippen molar-refractivity contribution >= 4 is 0 Å². The number of halogens is 1. The Balaban J connectivity index is 1.80. The van der Waals surface area contributed by atoms with Crippen LogP contribution in [0.3, 0.4) is 0 Å². The van der Waals surface area contributed by atoms with Crippen molar-refractivity contribution in [3.63, 3.8) is 0 Å². The Morgan fingerprint density at radius 2 is 2.05 bits per heavy atom. The van der Waals surface area contributed by atoms with Crippen molar-refractivity contribution in [2.45, 2.75) is 12.1 Å². The monoisotopic (exact) mass is 266 g/mol. The summed E-state index contributed by atoms with van der Waals surface area (Å²) in [4.78, 5) is 4.65. The number of rotatable bonds is 3. The molecule has 2 bridgehead atoms. The van der Waals surface area contributed by atoms with E-state index in [4.69, 9.17) is 4.74 Å². The molecule has 1 aromatic carbocycles. The number of ether oxygens (including phenoxy) is 1. The van der Waals surface area contributed by atoms with Crippen molar-refractivity contribution in [1.82, 2.24) is 9.80 Å². The highest BCUT2D eigenvalue weighted by Gasteiger charge is 2.36. The van der Waals surface area contributed by atoms with Crippen LogP contribution in [0.5, 0.6) is 5.75 Å². The van der Waals surface area contributed by atoms with Gasteiger partial charge in [-0.25, -0.2) is 4.39 Å². The van der Waals surface area contributed by atoms with E-state index >= 15 is 0 Å². The predicted molar refractivity (Wildman–Crippen MR) is 69.7 cm³/mol. The summed E-state index contributed by atoms with van der Waals surface area (Å²) >= 11 is 0. The number of aliphatic hydroxyl groups excluding tert-OH is 1. The summed E-state index contributed by atoms with van der Waals surface area (Å²) in [5.74, 6) is -0.208. The molecule has 3 aliphatic rings. The van der Waals surface area contributed by atoms with Crippen LogP contribution in [0.1, 0.15) is 11.7 Å².